The minimum atomic E-state index is -1.27. The fourth-order valence-electron chi connectivity index (χ4n) is 2.25. The molecule has 3 aromatic rings. The van der Waals surface area contributed by atoms with Gasteiger partial charge in [0.25, 0.3) is 5.91 Å². The van der Waals surface area contributed by atoms with Gasteiger partial charge in [0.05, 0.1) is 16.6 Å². The van der Waals surface area contributed by atoms with Gasteiger partial charge in [-0.05, 0) is 54.1 Å². The number of halogens is 2. The van der Waals surface area contributed by atoms with Gasteiger partial charge in [-0.1, -0.05) is 35.3 Å². The molecule has 4 nitrogen and oxygen atoms in total. The molecule has 0 spiro atoms. The number of rotatable bonds is 6. The monoisotopic (exact) mass is 407 g/mol. The third kappa shape index (κ3) is 4.97. The van der Waals surface area contributed by atoms with E-state index >= 15 is 0 Å². The van der Waals surface area contributed by atoms with E-state index in [2.05, 4.69) is 5.32 Å². The maximum absolute atomic E-state index is 12.3. The highest BCUT2D eigenvalue weighted by Gasteiger charge is 2.13. The van der Waals surface area contributed by atoms with Crippen molar-refractivity contribution in [3.8, 4) is 0 Å². The lowest BCUT2D eigenvalue weighted by Gasteiger charge is -2.04. The second-order valence-electron chi connectivity index (χ2n) is 5.52. The molecular weight excluding hydrogens is 393 g/mol. The summed E-state index contributed by atoms with van der Waals surface area (Å²) < 4.78 is 17.9. The molecule has 0 saturated heterocycles. The lowest BCUT2D eigenvalue weighted by atomic mass is 10.2. The van der Waals surface area contributed by atoms with Crippen LogP contribution in [0, 0.1) is 0 Å². The molecule has 1 aromatic heterocycles. The Morgan fingerprint density at radius 1 is 0.923 bits per heavy atom. The van der Waals surface area contributed by atoms with Gasteiger partial charge in [0, 0.05) is 21.5 Å². The number of furan rings is 1. The van der Waals surface area contributed by atoms with Gasteiger partial charge in [-0.3, -0.25) is 9.00 Å². The standard InChI is InChI=1S/C19H15Cl2NO3S/c20-14-3-1-13(2-4-14)11-22-19(23)18-10-7-16(25-18)12-26(24)17-8-5-15(21)6-9-17/h1-10H,11-12H2,(H,22,23). The van der Waals surface area contributed by atoms with E-state index in [1.54, 1.807) is 48.5 Å². The summed E-state index contributed by atoms with van der Waals surface area (Å²) in [6, 6.07) is 17.2. The molecule has 0 bridgehead atoms. The zero-order valence-corrected chi connectivity index (χ0v) is 15.9. The topological polar surface area (TPSA) is 59.3 Å². The number of nitrogens with one attached hydrogen (secondary N) is 1. The Kier molecular flexibility index (Phi) is 6.14. The molecule has 3 rings (SSSR count). The number of amides is 1. The first-order chi connectivity index (χ1) is 12.5. The van der Waals surface area contributed by atoms with Crippen LogP contribution >= 0.6 is 23.2 Å². The Hall–Kier alpha value is -2.08. The SMILES string of the molecule is O=C(NCc1ccc(Cl)cc1)c1ccc(CS(=O)c2ccc(Cl)cc2)o1. The summed E-state index contributed by atoms with van der Waals surface area (Å²) in [7, 11) is -1.27. The molecule has 1 N–H and O–H groups in total. The first kappa shape index (κ1) is 18.7. The Balaban J connectivity index is 1.58. The van der Waals surface area contributed by atoms with Crippen molar-refractivity contribution in [2.24, 2.45) is 0 Å². The van der Waals surface area contributed by atoms with Crippen molar-refractivity contribution in [1.29, 1.82) is 0 Å². The fraction of sp³-hybridized carbons (Fsp3) is 0.105. The van der Waals surface area contributed by atoms with Crippen molar-refractivity contribution in [3.63, 3.8) is 0 Å². The molecule has 1 heterocycles. The molecule has 2 aromatic carbocycles. The summed E-state index contributed by atoms with van der Waals surface area (Å²) in [6.07, 6.45) is 0. The van der Waals surface area contributed by atoms with Crippen molar-refractivity contribution >= 4 is 39.9 Å². The Labute approximate surface area is 163 Å². The Morgan fingerprint density at radius 2 is 1.54 bits per heavy atom. The van der Waals surface area contributed by atoms with Gasteiger partial charge in [0.15, 0.2) is 5.76 Å². The number of carbonyl (C=O) groups is 1. The van der Waals surface area contributed by atoms with E-state index in [0.717, 1.165) is 5.56 Å². The summed E-state index contributed by atoms with van der Waals surface area (Å²) in [5.41, 5.74) is 0.929. The highest BCUT2D eigenvalue weighted by Crippen LogP contribution is 2.17. The molecule has 0 aliphatic rings. The van der Waals surface area contributed by atoms with E-state index in [1.807, 2.05) is 12.1 Å². The summed E-state index contributed by atoms with van der Waals surface area (Å²) in [6.45, 7) is 0.364. The Morgan fingerprint density at radius 3 is 2.19 bits per heavy atom. The molecule has 7 heteroatoms. The van der Waals surface area contributed by atoms with Crippen LogP contribution in [-0.2, 0) is 23.1 Å². The van der Waals surface area contributed by atoms with Crippen molar-refractivity contribution in [2.45, 2.75) is 17.2 Å². The van der Waals surface area contributed by atoms with Crippen LogP contribution < -0.4 is 5.32 Å². The van der Waals surface area contributed by atoms with Crippen molar-refractivity contribution in [3.05, 3.63) is 87.8 Å². The van der Waals surface area contributed by atoms with Gasteiger partial charge in [0.1, 0.15) is 5.76 Å². The highest BCUT2D eigenvalue weighted by atomic mass is 35.5. The van der Waals surface area contributed by atoms with E-state index in [0.29, 0.717) is 27.2 Å². The van der Waals surface area contributed by atoms with E-state index in [4.69, 9.17) is 27.6 Å². The van der Waals surface area contributed by atoms with Gasteiger partial charge in [-0.2, -0.15) is 0 Å². The summed E-state index contributed by atoms with van der Waals surface area (Å²) in [5, 5.41) is 4.00. The lowest BCUT2D eigenvalue weighted by Crippen LogP contribution is -2.22. The fourth-order valence-corrected chi connectivity index (χ4v) is 3.52. The van der Waals surface area contributed by atoms with Gasteiger partial charge in [0.2, 0.25) is 0 Å². The molecule has 1 unspecified atom stereocenters. The van der Waals surface area contributed by atoms with Crippen LogP contribution in [0.15, 0.2) is 70.0 Å². The molecule has 1 atom stereocenters. The average molecular weight is 408 g/mol. The molecule has 1 amide bonds. The van der Waals surface area contributed by atoms with Crippen LogP contribution in [0.1, 0.15) is 21.9 Å². The average Bonchev–Trinajstić information content (AvgIpc) is 3.10. The molecular formula is C19H15Cl2NO3S. The molecule has 0 aliphatic heterocycles. The van der Waals surface area contributed by atoms with Crippen molar-refractivity contribution in [2.75, 3.05) is 0 Å². The normalized spacial score (nSPS) is 11.9. The lowest BCUT2D eigenvalue weighted by molar-refractivity contribution is 0.0921. The van der Waals surface area contributed by atoms with Gasteiger partial charge >= 0.3 is 0 Å². The predicted octanol–water partition coefficient (Wildman–Crippen LogP) is 4.82. The zero-order chi connectivity index (χ0) is 18.5. The number of hydrogen-bond donors (Lipinski definition) is 1. The minimum Gasteiger partial charge on any atom is -0.455 e. The molecule has 26 heavy (non-hydrogen) atoms. The summed E-state index contributed by atoms with van der Waals surface area (Å²) in [4.78, 5) is 12.8. The number of benzene rings is 2. The van der Waals surface area contributed by atoms with Gasteiger partial charge in [-0.25, -0.2) is 0 Å². The number of hydrogen-bond acceptors (Lipinski definition) is 3. The summed E-state index contributed by atoms with van der Waals surface area (Å²) >= 11 is 11.7. The number of carbonyl (C=O) groups excluding carboxylic acids is 1. The van der Waals surface area contributed by atoms with Crippen molar-refractivity contribution < 1.29 is 13.4 Å². The van der Waals surface area contributed by atoms with Crippen LogP contribution in [0.5, 0.6) is 0 Å². The predicted molar refractivity (Wildman–Crippen MR) is 103 cm³/mol. The zero-order valence-electron chi connectivity index (χ0n) is 13.6. The Bertz CT molecular complexity index is 921. The van der Waals surface area contributed by atoms with E-state index < -0.39 is 10.8 Å². The molecule has 0 saturated carbocycles. The van der Waals surface area contributed by atoms with Gasteiger partial charge in [-0.15, -0.1) is 0 Å². The van der Waals surface area contributed by atoms with Crippen LogP contribution in [0.2, 0.25) is 10.0 Å². The molecule has 0 radical (unpaired) electrons. The van der Waals surface area contributed by atoms with Crippen LogP contribution in [0.4, 0.5) is 0 Å². The molecule has 0 fully saturated rings. The van der Waals surface area contributed by atoms with Crippen LogP contribution in [-0.4, -0.2) is 10.1 Å². The maximum Gasteiger partial charge on any atom is 0.287 e. The smallest absolute Gasteiger partial charge is 0.287 e. The second-order valence-corrected chi connectivity index (χ2v) is 7.84. The van der Waals surface area contributed by atoms with E-state index in [1.165, 1.54) is 0 Å². The summed E-state index contributed by atoms with van der Waals surface area (Å²) in [5.74, 6) is 0.520. The first-order valence-electron chi connectivity index (χ1n) is 7.76. The van der Waals surface area contributed by atoms with E-state index in [9.17, 15) is 9.00 Å². The van der Waals surface area contributed by atoms with Gasteiger partial charge < -0.3 is 9.73 Å². The van der Waals surface area contributed by atoms with Crippen molar-refractivity contribution in [1.82, 2.24) is 5.32 Å². The second kappa shape index (κ2) is 8.54. The van der Waals surface area contributed by atoms with Crippen LogP contribution in [0.25, 0.3) is 0 Å². The maximum atomic E-state index is 12.3. The third-order valence-electron chi connectivity index (χ3n) is 3.60. The minimum absolute atomic E-state index is 0.182. The largest absolute Gasteiger partial charge is 0.455 e. The first-order valence-corrected chi connectivity index (χ1v) is 9.84. The quantitative estimate of drug-likeness (QED) is 0.636. The van der Waals surface area contributed by atoms with Crippen LogP contribution in [0.3, 0.4) is 0 Å². The molecule has 0 aliphatic carbocycles. The third-order valence-corrected chi connectivity index (χ3v) is 5.45. The highest BCUT2D eigenvalue weighted by molar-refractivity contribution is 7.84. The van der Waals surface area contributed by atoms with E-state index in [-0.39, 0.29) is 17.4 Å². The molecule has 134 valence electrons.